The standard InChI is InChI=1S/C16H13FO5/c1-21-10-4-6-11(13(8-10)15(18)19)9-3-5-12(14(17)7-9)16(20)22-2/h3-8H,1-2H3,(H,18,19). The highest BCUT2D eigenvalue weighted by Crippen LogP contribution is 2.29. The van der Waals surface area contributed by atoms with Gasteiger partial charge in [-0.1, -0.05) is 6.07 Å². The second-order valence-corrected chi connectivity index (χ2v) is 4.40. The van der Waals surface area contributed by atoms with Gasteiger partial charge >= 0.3 is 11.9 Å². The first kappa shape index (κ1) is 15.5. The quantitative estimate of drug-likeness (QED) is 0.879. The number of methoxy groups -OCH3 is 2. The third-order valence-corrected chi connectivity index (χ3v) is 3.14. The van der Waals surface area contributed by atoms with Crippen LogP contribution in [0, 0.1) is 5.82 Å². The molecule has 0 aliphatic carbocycles. The third-order valence-electron chi connectivity index (χ3n) is 3.14. The highest BCUT2D eigenvalue weighted by Gasteiger charge is 2.17. The van der Waals surface area contributed by atoms with Crippen LogP contribution in [0.2, 0.25) is 0 Å². The number of carboxylic acids is 1. The average molecular weight is 304 g/mol. The summed E-state index contributed by atoms with van der Waals surface area (Å²) in [5.74, 6) is -2.35. The Morgan fingerprint density at radius 2 is 1.77 bits per heavy atom. The third kappa shape index (κ3) is 2.90. The molecule has 0 heterocycles. The number of ether oxygens (including phenoxy) is 2. The van der Waals surface area contributed by atoms with Crippen LogP contribution in [0.15, 0.2) is 36.4 Å². The van der Waals surface area contributed by atoms with Crippen molar-refractivity contribution in [3.63, 3.8) is 0 Å². The molecule has 2 aromatic rings. The summed E-state index contributed by atoms with van der Waals surface area (Å²) in [4.78, 5) is 22.7. The van der Waals surface area contributed by atoms with Crippen molar-refractivity contribution in [3.8, 4) is 16.9 Å². The number of esters is 1. The summed E-state index contributed by atoms with van der Waals surface area (Å²) in [6.45, 7) is 0. The largest absolute Gasteiger partial charge is 0.497 e. The van der Waals surface area contributed by atoms with Gasteiger partial charge < -0.3 is 14.6 Å². The molecular formula is C16H13FO5. The first-order valence-electron chi connectivity index (χ1n) is 6.27. The number of rotatable bonds is 4. The Morgan fingerprint density at radius 1 is 1.05 bits per heavy atom. The van der Waals surface area contributed by atoms with E-state index in [1.807, 2.05) is 0 Å². The summed E-state index contributed by atoms with van der Waals surface area (Å²) in [5, 5.41) is 9.27. The van der Waals surface area contributed by atoms with Gasteiger partial charge in [0.1, 0.15) is 11.6 Å². The summed E-state index contributed by atoms with van der Waals surface area (Å²) < 4.78 is 23.4. The normalized spacial score (nSPS) is 10.1. The number of aromatic carboxylic acids is 1. The summed E-state index contributed by atoms with van der Waals surface area (Å²) in [5.41, 5.74) is 0.426. The fourth-order valence-corrected chi connectivity index (χ4v) is 2.04. The number of benzene rings is 2. The van der Waals surface area contributed by atoms with Gasteiger partial charge in [0.15, 0.2) is 0 Å². The van der Waals surface area contributed by atoms with Gasteiger partial charge in [-0.2, -0.15) is 0 Å². The number of carboxylic acid groups (broad SMARTS) is 1. The predicted molar refractivity (Wildman–Crippen MR) is 76.7 cm³/mol. The molecule has 0 unspecified atom stereocenters. The van der Waals surface area contributed by atoms with Crippen LogP contribution >= 0.6 is 0 Å². The van der Waals surface area contributed by atoms with Crippen molar-refractivity contribution < 1.29 is 28.6 Å². The monoisotopic (exact) mass is 304 g/mol. The molecule has 6 heteroatoms. The first-order chi connectivity index (χ1) is 10.5. The maximum atomic E-state index is 14.0. The highest BCUT2D eigenvalue weighted by atomic mass is 19.1. The van der Waals surface area contributed by atoms with Crippen molar-refractivity contribution in [3.05, 3.63) is 53.3 Å². The molecule has 0 aliphatic heterocycles. The van der Waals surface area contributed by atoms with E-state index in [1.54, 1.807) is 6.07 Å². The van der Waals surface area contributed by atoms with Crippen molar-refractivity contribution >= 4 is 11.9 Å². The van der Waals surface area contributed by atoms with Crippen LogP contribution in [0.1, 0.15) is 20.7 Å². The van der Waals surface area contributed by atoms with Crippen LogP contribution in [-0.4, -0.2) is 31.3 Å². The van der Waals surface area contributed by atoms with E-state index in [1.165, 1.54) is 31.4 Å². The number of hydrogen-bond acceptors (Lipinski definition) is 4. The fraction of sp³-hybridized carbons (Fsp3) is 0.125. The number of carbonyl (C=O) groups is 2. The molecule has 0 aromatic heterocycles. The summed E-state index contributed by atoms with van der Waals surface area (Å²) in [6, 6.07) is 8.27. The second-order valence-electron chi connectivity index (χ2n) is 4.40. The van der Waals surface area contributed by atoms with E-state index in [0.29, 0.717) is 16.9 Å². The van der Waals surface area contributed by atoms with Gasteiger partial charge in [-0.3, -0.25) is 0 Å². The molecule has 0 spiro atoms. The lowest BCUT2D eigenvalue weighted by molar-refractivity contribution is 0.0594. The molecule has 5 nitrogen and oxygen atoms in total. The van der Waals surface area contributed by atoms with Crippen LogP contribution in [0.25, 0.3) is 11.1 Å². The maximum Gasteiger partial charge on any atom is 0.340 e. The number of hydrogen-bond donors (Lipinski definition) is 1. The van der Waals surface area contributed by atoms with Gasteiger partial charge in [0.05, 0.1) is 25.3 Å². The van der Waals surface area contributed by atoms with E-state index in [4.69, 9.17) is 4.74 Å². The van der Waals surface area contributed by atoms with Crippen molar-refractivity contribution in [2.45, 2.75) is 0 Å². The lowest BCUT2D eigenvalue weighted by Crippen LogP contribution is -2.05. The molecule has 1 N–H and O–H groups in total. The van der Waals surface area contributed by atoms with Gasteiger partial charge in [-0.15, -0.1) is 0 Å². The molecule has 0 atom stereocenters. The van der Waals surface area contributed by atoms with E-state index < -0.39 is 17.8 Å². The smallest absolute Gasteiger partial charge is 0.340 e. The maximum absolute atomic E-state index is 14.0. The van der Waals surface area contributed by atoms with Gasteiger partial charge in [0.25, 0.3) is 0 Å². The van der Waals surface area contributed by atoms with Crippen LogP contribution in [0.5, 0.6) is 5.75 Å². The minimum atomic E-state index is -1.16. The van der Waals surface area contributed by atoms with Crippen molar-refractivity contribution in [2.75, 3.05) is 14.2 Å². The molecule has 0 amide bonds. The molecule has 0 radical (unpaired) electrons. The van der Waals surface area contributed by atoms with Gasteiger partial charge in [-0.25, -0.2) is 14.0 Å². The Morgan fingerprint density at radius 3 is 2.32 bits per heavy atom. The number of halogens is 1. The fourth-order valence-electron chi connectivity index (χ4n) is 2.04. The zero-order chi connectivity index (χ0) is 16.3. The molecule has 0 bridgehead atoms. The van der Waals surface area contributed by atoms with Crippen LogP contribution in [0.3, 0.4) is 0 Å². The Hall–Kier alpha value is -2.89. The SMILES string of the molecule is COC(=O)c1ccc(-c2ccc(OC)cc2C(=O)O)cc1F. The van der Waals surface area contributed by atoms with Gasteiger partial charge in [-0.05, 0) is 41.5 Å². The Balaban J connectivity index is 2.55. The summed E-state index contributed by atoms with van der Waals surface area (Å²) in [6.07, 6.45) is 0. The van der Waals surface area contributed by atoms with E-state index in [-0.39, 0.29) is 11.1 Å². The Labute approximate surface area is 125 Å². The van der Waals surface area contributed by atoms with Crippen molar-refractivity contribution in [2.24, 2.45) is 0 Å². The van der Waals surface area contributed by atoms with Gasteiger partial charge in [0, 0.05) is 0 Å². The lowest BCUT2D eigenvalue weighted by Gasteiger charge is -2.10. The van der Waals surface area contributed by atoms with Crippen molar-refractivity contribution in [1.82, 2.24) is 0 Å². The second kappa shape index (κ2) is 6.26. The molecule has 22 heavy (non-hydrogen) atoms. The topological polar surface area (TPSA) is 72.8 Å². The van der Waals surface area contributed by atoms with E-state index >= 15 is 0 Å². The highest BCUT2D eigenvalue weighted by molar-refractivity contribution is 5.97. The summed E-state index contributed by atoms with van der Waals surface area (Å²) in [7, 11) is 2.58. The predicted octanol–water partition coefficient (Wildman–Crippen LogP) is 2.99. The Kier molecular flexibility index (Phi) is 4.41. The molecule has 2 aromatic carbocycles. The Bertz CT molecular complexity index is 739. The van der Waals surface area contributed by atoms with Crippen LogP contribution in [0.4, 0.5) is 4.39 Å². The van der Waals surface area contributed by atoms with Crippen molar-refractivity contribution in [1.29, 1.82) is 0 Å². The molecule has 0 aliphatic rings. The van der Waals surface area contributed by atoms with E-state index in [0.717, 1.165) is 13.2 Å². The van der Waals surface area contributed by atoms with Gasteiger partial charge in [0.2, 0.25) is 0 Å². The average Bonchev–Trinajstić information content (AvgIpc) is 2.53. The minimum Gasteiger partial charge on any atom is -0.497 e. The van der Waals surface area contributed by atoms with E-state index in [2.05, 4.69) is 4.74 Å². The van der Waals surface area contributed by atoms with Crippen LogP contribution < -0.4 is 4.74 Å². The molecule has 0 fully saturated rings. The van der Waals surface area contributed by atoms with E-state index in [9.17, 15) is 19.1 Å². The molecule has 114 valence electrons. The lowest BCUT2D eigenvalue weighted by atomic mass is 9.98. The van der Waals surface area contributed by atoms with Crippen LogP contribution in [-0.2, 0) is 4.74 Å². The minimum absolute atomic E-state index is 0.0235. The molecular weight excluding hydrogens is 291 g/mol. The number of carbonyl (C=O) groups excluding carboxylic acids is 1. The molecule has 0 saturated heterocycles. The first-order valence-corrected chi connectivity index (χ1v) is 6.27. The zero-order valence-corrected chi connectivity index (χ0v) is 11.9. The molecule has 2 rings (SSSR count). The zero-order valence-electron chi connectivity index (χ0n) is 11.9. The molecule has 0 saturated carbocycles. The summed E-state index contributed by atoms with van der Waals surface area (Å²) >= 11 is 0.